The molecule has 0 saturated heterocycles. The van der Waals surface area contributed by atoms with Crippen molar-refractivity contribution in [2.45, 2.75) is 12.3 Å². The molecule has 0 amide bonds. The van der Waals surface area contributed by atoms with Gasteiger partial charge in [0.1, 0.15) is 0 Å². The van der Waals surface area contributed by atoms with E-state index in [1.807, 2.05) is 0 Å². The van der Waals surface area contributed by atoms with Gasteiger partial charge >= 0.3 is 0 Å². The molecule has 13 heavy (non-hydrogen) atoms. The molecule has 0 atom stereocenters. The Bertz CT molecular complexity index is 289. The van der Waals surface area contributed by atoms with Crippen LogP contribution in [-0.2, 0) is 6.42 Å². The molecule has 0 aromatic heterocycles. The summed E-state index contributed by atoms with van der Waals surface area (Å²) >= 11 is 5.71. The van der Waals surface area contributed by atoms with Gasteiger partial charge in [-0.3, -0.25) is 0 Å². The lowest BCUT2D eigenvalue weighted by Crippen LogP contribution is -2.30. The van der Waals surface area contributed by atoms with Gasteiger partial charge in [0.25, 0.3) is 5.92 Å². The number of hydrogen-bond acceptors (Lipinski definition) is 1. The van der Waals surface area contributed by atoms with Crippen LogP contribution in [0.4, 0.5) is 8.78 Å². The fourth-order valence-electron chi connectivity index (χ4n) is 0.993. The third kappa shape index (κ3) is 2.94. The van der Waals surface area contributed by atoms with Crippen LogP contribution in [0, 0.1) is 0 Å². The molecule has 0 unspecified atom stereocenters. The molecule has 4 heteroatoms. The molecule has 0 bridgehead atoms. The standard InChI is InChI=1S/C9H10ClF2N/c10-8-4-2-1-3-7(8)5-9(11,12)6-13/h1-4H,5-6,13H2. The first-order valence-corrected chi connectivity index (χ1v) is 4.24. The zero-order valence-electron chi connectivity index (χ0n) is 6.93. The van der Waals surface area contributed by atoms with Crippen molar-refractivity contribution in [2.75, 3.05) is 6.54 Å². The van der Waals surface area contributed by atoms with E-state index in [0.29, 0.717) is 10.6 Å². The second-order valence-corrected chi connectivity index (χ2v) is 3.24. The quantitative estimate of drug-likeness (QED) is 0.806. The van der Waals surface area contributed by atoms with E-state index in [9.17, 15) is 8.78 Å². The van der Waals surface area contributed by atoms with Gasteiger partial charge < -0.3 is 5.73 Å². The lowest BCUT2D eigenvalue weighted by atomic mass is 10.1. The topological polar surface area (TPSA) is 26.0 Å². The van der Waals surface area contributed by atoms with E-state index >= 15 is 0 Å². The summed E-state index contributed by atoms with van der Waals surface area (Å²) in [6.07, 6.45) is -0.400. The second-order valence-electron chi connectivity index (χ2n) is 2.83. The summed E-state index contributed by atoms with van der Waals surface area (Å²) in [6, 6.07) is 6.54. The van der Waals surface area contributed by atoms with Crippen LogP contribution in [0.1, 0.15) is 5.56 Å². The molecule has 0 spiro atoms. The van der Waals surface area contributed by atoms with Gasteiger partial charge in [-0.05, 0) is 11.6 Å². The zero-order valence-corrected chi connectivity index (χ0v) is 7.69. The Labute approximate surface area is 80.5 Å². The first-order valence-electron chi connectivity index (χ1n) is 3.86. The molecule has 1 nitrogen and oxygen atoms in total. The number of alkyl halides is 2. The third-order valence-electron chi connectivity index (χ3n) is 1.71. The highest BCUT2D eigenvalue weighted by molar-refractivity contribution is 6.31. The van der Waals surface area contributed by atoms with Crippen LogP contribution in [0.5, 0.6) is 0 Å². The molecule has 0 radical (unpaired) electrons. The molecule has 0 aliphatic carbocycles. The predicted molar refractivity (Wildman–Crippen MR) is 49.2 cm³/mol. The Morgan fingerprint density at radius 1 is 1.31 bits per heavy atom. The Balaban J connectivity index is 2.80. The smallest absolute Gasteiger partial charge is 0.264 e. The average molecular weight is 206 g/mol. The molecule has 1 rings (SSSR count). The van der Waals surface area contributed by atoms with E-state index in [4.69, 9.17) is 17.3 Å². The van der Waals surface area contributed by atoms with Crippen LogP contribution in [0.25, 0.3) is 0 Å². The SMILES string of the molecule is NCC(F)(F)Cc1ccccc1Cl. The molecule has 0 heterocycles. The first kappa shape index (κ1) is 10.4. The van der Waals surface area contributed by atoms with E-state index in [0.717, 1.165) is 0 Å². The molecule has 0 aliphatic heterocycles. The number of hydrogen-bond donors (Lipinski definition) is 1. The predicted octanol–water partition coefficient (Wildman–Crippen LogP) is 2.48. The molecular weight excluding hydrogens is 196 g/mol. The van der Waals surface area contributed by atoms with Crippen molar-refractivity contribution in [3.8, 4) is 0 Å². The molecule has 0 saturated carbocycles. The van der Waals surface area contributed by atoms with E-state index in [-0.39, 0.29) is 0 Å². The highest BCUT2D eigenvalue weighted by atomic mass is 35.5. The third-order valence-corrected chi connectivity index (χ3v) is 2.07. The summed E-state index contributed by atoms with van der Waals surface area (Å²) in [5, 5.41) is 0.357. The zero-order chi connectivity index (χ0) is 9.90. The number of nitrogens with two attached hydrogens (primary N) is 1. The van der Waals surface area contributed by atoms with E-state index in [1.54, 1.807) is 24.3 Å². The molecule has 0 aliphatic rings. The summed E-state index contributed by atoms with van der Waals surface area (Å²) < 4.78 is 25.7. The largest absolute Gasteiger partial charge is 0.325 e. The van der Waals surface area contributed by atoms with Crippen LogP contribution in [0.15, 0.2) is 24.3 Å². The summed E-state index contributed by atoms with van der Waals surface area (Å²) in [5.74, 6) is -2.87. The minimum absolute atomic E-state index is 0.357. The van der Waals surface area contributed by atoms with Crippen LogP contribution < -0.4 is 5.73 Å². The number of benzene rings is 1. The van der Waals surface area contributed by atoms with Crippen molar-refractivity contribution < 1.29 is 8.78 Å². The fourth-order valence-corrected chi connectivity index (χ4v) is 1.20. The molecule has 1 aromatic carbocycles. The Hall–Kier alpha value is -0.670. The van der Waals surface area contributed by atoms with Crippen LogP contribution in [0.2, 0.25) is 5.02 Å². The van der Waals surface area contributed by atoms with Crippen LogP contribution in [0.3, 0.4) is 0 Å². The Morgan fingerprint density at radius 2 is 1.92 bits per heavy atom. The number of halogens is 3. The van der Waals surface area contributed by atoms with Gasteiger partial charge in [-0.2, -0.15) is 0 Å². The molecule has 72 valence electrons. The van der Waals surface area contributed by atoms with E-state index in [1.165, 1.54) is 0 Å². The summed E-state index contributed by atoms with van der Waals surface area (Å²) in [6.45, 7) is -0.655. The summed E-state index contributed by atoms with van der Waals surface area (Å²) in [5.41, 5.74) is 5.34. The van der Waals surface area contributed by atoms with Gasteiger partial charge in [0, 0.05) is 11.4 Å². The Kier molecular flexibility index (Phi) is 3.22. The van der Waals surface area contributed by atoms with E-state index < -0.39 is 18.9 Å². The van der Waals surface area contributed by atoms with Crippen molar-refractivity contribution in [3.63, 3.8) is 0 Å². The maximum atomic E-state index is 12.8. The highest BCUT2D eigenvalue weighted by Gasteiger charge is 2.27. The van der Waals surface area contributed by atoms with Crippen LogP contribution >= 0.6 is 11.6 Å². The van der Waals surface area contributed by atoms with Gasteiger partial charge in [0.15, 0.2) is 0 Å². The maximum absolute atomic E-state index is 12.8. The highest BCUT2D eigenvalue weighted by Crippen LogP contribution is 2.23. The normalized spacial score (nSPS) is 11.7. The molecule has 1 aromatic rings. The first-order chi connectivity index (χ1) is 6.05. The monoisotopic (exact) mass is 205 g/mol. The molecule has 2 N–H and O–H groups in total. The minimum Gasteiger partial charge on any atom is -0.325 e. The van der Waals surface area contributed by atoms with Gasteiger partial charge in [-0.1, -0.05) is 29.8 Å². The lowest BCUT2D eigenvalue weighted by Gasteiger charge is -2.14. The Morgan fingerprint density at radius 3 is 2.46 bits per heavy atom. The van der Waals surface area contributed by atoms with E-state index in [2.05, 4.69) is 0 Å². The lowest BCUT2D eigenvalue weighted by molar-refractivity contribution is 0.0115. The van der Waals surface area contributed by atoms with Crippen molar-refractivity contribution >= 4 is 11.6 Å². The van der Waals surface area contributed by atoms with Crippen molar-refractivity contribution in [3.05, 3.63) is 34.9 Å². The molecule has 0 fully saturated rings. The van der Waals surface area contributed by atoms with Crippen molar-refractivity contribution in [1.82, 2.24) is 0 Å². The fraction of sp³-hybridized carbons (Fsp3) is 0.333. The summed E-state index contributed by atoms with van der Waals surface area (Å²) in [7, 11) is 0. The van der Waals surface area contributed by atoms with Crippen molar-refractivity contribution in [1.29, 1.82) is 0 Å². The van der Waals surface area contributed by atoms with Gasteiger partial charge in [0.2, 0.25) is 0 Å². The average Bonchev–Trinajstić information content (AvgIpc) is 2.09. The van der Waals surface area contributed by atoms with Crippen LogP contribution in [-0.4, -0.2) is 12.5 Å². The number of rotatable bonds is 3. The van der Waals surface area contributed by atoms with Gasteiger partial charge in [-0.15, -0.1) is 0 Å². The summed E-state index contributed by atoms with van der Waals surface area (Å²) in [4.78, 5) is 0. The van der Waals surface area contributed by atoms with Gasteiger partial charge in [0.05, 0.1) is 6.54 Å². The minimum atomic E-state index is -2.87. The van der Waals surface area contributed by atoms with Crippen molar-refractivity contribution in [2.24, 2.45) is 5.73 Å². The molecular formula is C9H10ClF2N. The second kappa shape index (κ2) is 4.03. The van der Waals surface area contributed by atoms with Gasteiger partial charge in [-0.25, -0.2) is 8.78 Å². The maximum Gasteiger partial charge on any atom is 0.264 e.